The molecule has 0 spiro atoms. The van der Waals surface area contributed by atoms with E-state index in [1.807, 2.05) is 0 Å². The Hall–Kier alpha value is -0.120. The fraction of sp³-hybridized carbons (Fsp3) is 1.00. The van der Waals surface area contributed by atoms with Crippen LogP contribution < -0.4 is 5.73 Å². The Morgan fingerprint density at radius 3 is 2.47 bits per heavy atom. The summed E-state index contributed by atoms with van der Waals surface area (Å²) in [6.07, 6.45) is 10.0. The number of nitrogens with zero attached hydrogens (tertiary/aromatic N) is 2. The number of rotatable bonds is 4. The number of nitrogens with two attached hydrogens (primary N) is 1. The van der Waals surface area contributed by atoms with Crippen molar-refractivity contribution in [3.8, 4) is 0 Å². The Labute approximate surface area is 106 Å². The van der Waals surface area contributed by atoms with Crippen molar-refractivity contribution in [2.45, 2.75) is 57.0 Å². The smallest absolute Gasteiger partial charge is 0.0232 e. The second-order valence-electron chi connectivity index (χ2n) is 5.85. The molecule has 100 valence electrons. The van der Waals surface area contributed by atoms with Gasteiger partial charge in [-0.3, -0.25) is 4.90 Å². The molecule has 1 atom stereocenters. The Balaban J connectivity index is 1.79. The first-order valence-electron chi connectivity index (χ1n) is 7.45. The summed E-state index contributed by atoms with van der Waals surface area (Å²) in [5.41, 5.74) is 5.64. The minimum Gasteiger partial charge on any atom is -0.329 e. The lowest BCUT2D eigenvalue weighted by Crippen LogP contribution is -2.40. The zero-order valence-corrected chi connectivity index (χ0v) is 11.4. The highest BCUT2D eigenvalue weighted by atomic mass is 15.3. The first kappa shape index (κ1) is 13.3. The van der Waals surface area contributed by atoms with E-state index in [1.54, 1.807) is 0 Å². The van der Waals surface area contributed by atoms with Crippen molar-refractivity contribution in [3.05, 3.63) is 0 Å². The highest BCUT2D eigenvalue weighted by Crippen LogP contribution is 2.26. The van der Waals surface area contributed by atoms with Gasteiger partial charge in [0.2, 0.25) is 0 Å². The minimum atomic E-state index is 0.752. The molecule has 0 amide bonds. The lowest BCUT2D eigenvalue weighted by molar-refractivity contribution is 0.189. The average molecular weight is 239 g/mol. The molecule has 2 rings (SSSR count). The molecule has 0 radical (unpaired) electrons. The van der Waals surface area contributed by atoms with E-state index in [4.69, 9.17) is 5.73 Å². The van der Waals surface area contributed by atoms with Crippen molar-refractivity contribution in [1.82, 2.24) is 9.80 Å². The average Bonchev–Trinajstić information content (AvgIpc) is 2.66. The van der Waals surface area contributed by atoms with Gasteiger partial charge >= 0.3 is 0 Å². The Bertz CT molecular complexity index is 212. The molecule has 3 nitrogen and oxygen atoms in total. The number of likely N-dealkylation sites (N-methyl/N-ethyl adjacent to an activating group) is 1. The van der Waals surface area contributed by atoms with Crippen molar-refractivity contribution in [1.29, 1.82) is 0 Å². The maximum atomic E-state index is 5.64. The number of hydrogen-bond acceptors (Lipinski definition) is 3. The molecule has 1 unspecified atom stereocenters. The van der Waals surface area contributed by atoms with Crippen LogP contribution in [0.25, 0.3) is 0 Å². The van der Waals surface area contributed by atoms with Gasteiger partial charge in [-0.1, -0.05) is 25.7 Å². The van der Waals surface area contributed by atoms with Crippen molar-refractivity contribution in [2.24, 2.45) is 5.73 Å². The molecule has 3 heteroatoms. The van der Waals surface area contributed by atoms with Gasteiger partial charge in [0.25, 0.3) is 0 Å². The van der Waals surface area contributed by atoms with Crippen molar-refractivity contribution in [2.75, 3.05) is 33.2 Å². The third-order valence-corrected chi connectivity index (χ3v) is 4.64. The van der Waals surface area contributed by atoms with Crippen LogP contribution in [0.3, 0.4) is 0 Å². The molecular weight excluding hydrogens is 210 g/mol. The maximum Gasteiger partial charge on any atom is 0.0232 e. The van der Waals surface area contributed by atoms with Crippen LogP contribution in [0.2, 0.25) is 0 Å². The predicted molar refractivity (Wildman–Crippen MR) is 73.2 cm³/mol. The van der Waals surface area contributed by atoms with Gasteiger partial charge in [0.05, 0.1) is 0 Å². The molecule has 1 aliphatic carbocycles. The number of hydrogen-bond donors (Lipinski definition) is 1. The fourth-order valence-corrected chi connectivity index (χ4v) is 3.47. The van der Waals surface area contributed by atoms with Crippen LogP contribution >= 0.6 is 0 Å². The first-order valence-corrected chi connectivity index (χ1v) is 7.45. The maximum absolute atomic E-state index is 5.64. The Morgan fingerprint density at radius 2 is 1.82 bits per heavy atom. The fourth-order valence-electron chi connectivity index (χ4n) is 3.47. The van der Waals surface area contributed by atoms with Crippen molar-refractivity contribution in [3.63, 3.8) is 0 Å². The second-order valence-corrected chi connectivity index (χ2v) is 5.85. The SMILES string of the molecule is CN(CCN)C1CCN(C2CCCCCC2)C1. The summed E-state index contributed by atoms with van der Waals surface area (Å²) >= 11 is 0. The van der Waals surface area contributed by atoms with Crippen molar-refractivity contribution < 1.29 is 0 Å². The normalized spacial score (nSPS) is 28.8. The van der Waals surface area contributed by atoms with Gasteiger partial charge in [0, 0.05) is 38.3 Å². The van der Waals surface area contributed by atoms with Crippen LogP contribution in [-0.2, 0) is 0 Å². The van der Waals surface area contributed by atoms with E-state index in [2.05, 4.69) is 16.8 Å². The molecule has 2 aliphatic rings. The van der Waals surface area contributed by atoms with E-state index in [1.165, 1.54) is 58.0 Å². The molecular formula is C14H29N3. The van der Waals surface area contributed by atoms with E-state index in [0.717, 1.165) is 25.2 Å². The summed E-state index contributed by atoms with van der Waals surface area (Å²) in [6, 6.07) is 1.63. The molecule has 1 saturated heterocycles. The lowest BCUT2D eigenvalue weighted by Gasteiger charge is -2.28. The van der Waals surface area contributed by atoms with Gasteiger partial charge in [-0.2, -0.15) is 0 Å². The van der Waals surface area contributed by atoms with Gasteiger partial charge in [-0.25, -0.2) is 0 Å². The monoisotopic (exact) mass is 239 g/mol. The third-order valence-electron chi connectivity index (χ3n) is 4.64. The van der Waals surface area contributed by atoms with Crippen LogP contribution in [0.5, 0.6) is 0 Å². The van der Waals surface area contributed by atoms with Gasteiger partial charge in [-0.05, 0) is 26.3 Å². The Morgan fingerprint density at radius 1 is 1.12 bits per heavy atom. The van der Waals surface area contributed by atoms with Crippen LogP contribution in [-0.4, -0.2) is 55.1 Å². The molecule has 1 saturated carbocycles. The Kier molecular flexibility index (Phi) is 5.26. The van der Waals surface area contributed by atoms with E-state index in [9.17, 15) is 0 Å². The van der Waals surface area contributed by atoms with Gasteiger partial charge < -0.3 is 10.6 Å². The highest BCUT2D eigenvalue weighted by Gasteiger charge is 2.30. The van der Waals surface area contributed by atoms with Crippen molar-refractivity contribution >= 4 is 0 Å². The second kappa shape index (κ2) is 6.72. The van der Waals surface area contributed by atoms with Crippen LogP contribution in [0.1, 0.15) is 44.9 Å². The summed E-state index contributed by atoms with van der Waals surface area (Å²) < 4.78 is 0. The van der Waals surface area contributed by atoms with Gasteiger partial charge in [0.1, 0.15) is 0 Å². The molecule has 0 aromatic rings. The first-order chi connectivity index (χ1) is 8.31. The summed E-state index contributed by atoms with van der Waals surface area (Å²) in [7, 11) is 2.23. The topological polar surface area (TPSA) is 32.5 Å². The molecule has 0 aromatic carbocycles. The summed E-state index contributed by atoms with van der Waals surface area (Å²) in [5.74, 6) is 0. The molecule has 17 heavy (non-hydrogen) atoms. The highest BCUT2D eigenvalue weighted by molar-refractivity contribution is 4.86. The minimum absolute atomic E-state index is 0.752. The summed E-state index contributed by atoms with van der Waals surface area (Å²) in [5, 5.41) is 0. The van der Waals surface area contributed by atoms with E-state index in [0.29, 0.717) is 0 Å². The molecule has 0 aromatic heterocycles. The van der Waals surface area contributed by atoms with E-state index >= 15 is 0 Å². The largest absolute Gasteiger partial charge is 0.329 e. The van der Waals surface area contributed by atoms with Crippen LogP contribution in [0.15, 0.2) is 0 Å². The van der Waals surface area contributed by atoms with E-state index < -0.39 is 0 Å². The zero-order chi connectivity index (χ0) is 12.1. The van der Waals surface area contributed by atoms with Gasteiger partial charge in [0.15, 0.2) is 0 Å². The molecule has 2 fully saturated rings. The predicted octanol–water partition coefficient (Wildman–Crippen LogP) is 1.67. The van der Waals surface area contributed by atoms with Crippen LogP contribution in [0.4, 0.5) is 0 Å². The lowest BCUT2D eigenvalue weighted by atomic mass is 10.1. The van der Waals surface area contributed by atoms with Crippen LogP contribution in [0, 0.1) is 0 Å². The quantitative estimate of drug-likeness (QED) is 0.758. The third kappa shape index (κ3) is 3.67. The van der Waals surface area contributed by atoms with Gasteiger partial charge in [-0.15, -0.1) is 0 Å². The summed E-state index contributed by atoms with van der Waals surface area (Å²) in [4.78, 5) is 5.21. The summed E-state index contributed by atoms with van der Waals surface area (Å²) in [6.45, 7) is 4.42. The zero-order valence-electron chi connectivity index (χ0n) is 11.4. The molecule has 1 heterocycles. The van der Waals surface area contributed by atoms with E-state index in [-0.39, 0.29) is 0 Å². The number of likely N-dealkylation sites (tertiary alicyclic amines) is 1. The molecule has 0 bridgehead atoms. The molecule has 1 aliphatic heterocycles. The standard InChI is InChI=1S/C14H29N3/c1-16(11-9-15)14-8-10-17(12-14)13-6-4-2-3-5-7-13/h13-14H,2-12,15H2,1H3. The molecule has 2 N–H and O–H groups in total.